The number of benzene rings is 1. The summed E-state index contributed by atoms with van der Waals surface area (Å²) in [5, 5.41) is 2.87. The van der Waals surface area contributed by atoms with Gasteiger partial charge in [-0.15, -0.1) is 0 Å². The Morgan fingerprint density at radius 1 is 1.12 bits per heavy atom. The molecule has 5 nitrogen and oxygen atoms in total. The van der Waals surface area contributed by atoms with E-state index in [2.05, 4.69) is 22.2 Å². The molecule has 2 aromatic rings. The van der Waals surface area contributed by atoms with E-state index in [9.17, 15) is 13.6 Å². The summed E-state index contributed by atoms with van der Waals surface area (Å²) < 4.78 is 28.5. The van der Waals surface area contributed by atoms with Crippen molar-refractivity contribution in [1.82, 2.24) is 19.7 Å². The average molecular weight is 362 g/mol. The fourth-order valence-electron chi connectivity index (χ4n) is 3.30. The van der Waals surface area contributed by atoms with E-state index >= 15 is 0 Å². The molecule has 1 aliphatic rings. The highest BCUT2D eigenvalue weighted by atomic mass is 19.2. The first-order chi connectivity index (χ1) is 12.5. The van der Waals surface area contributed by atoms with Crippen molar-refractivity contribution in [2.45, 2.75) is 6.04 Å². The predicted octanol–water partition coefficient (Wildman–Crippen LogP) is 2.02. The summed E-state index contributed by atoms with van der Waals surface area (Å²) in [6.45, 7) is 4.16. The molecule has 1 atom stereocenters. The summed E-state index contributed by atoms with van der Waals surface area (Å²) in [5.41, 5.74) is 1.23. The number of aromatic nitrogens is 1. The SMILES string of the molecule is CN1CCN(C(CNC(=O)c2ccc(F)c(F)c2)c2cccn2C)CC1. The van der Waals surface area contributed by atoms with Gasteiger partial charge in [-0.1, -0.05) is 0 Å². The Hall–Kier alpha value is -2.25. The molecule has 1 amide bonds. The van der Waals surface area contributed by atoms with Gasteiger partial charge in [-0.3, -0.25) is 9.69 Å². The molecule has 1 unspecified atom stereocenters. The number of nitrogens with zero attached hydrogens (tertiary/aromatic N) is 3. The third-order valence-corrected chi connectivity index (χ3v) is 4.94. The van der Waals surface area contributed by atoms with E-state index < -0.39 is 17.5 Å². The molecular weight excluding hydrogens is 338 g/mol. The van der Waals surface area contributed by atoms with E-state index in [0.29, 0.717) is 6.54 Å². The molecule has 3 rings (SSSR count). The number of piperazine rings is 1. The summed E-state index contributed by atoms with van der Waals surface area (Å²) in [7, 11) is 4.08. The molecule has 1 saturated heterocycles. The minimum Gasteiger partial charge on any atom is -0.353 e. The molecule has 0 spiro atoms. The van der Waals surface area contributed by atoms with Gasteiger partial charge < -0.3 is 14.8 Å². The number of amides is 1. The second kappa shape index (κ2) is 7.97. The Balaban J connectivity index is 1.72. The van der Waals surface area contributed by atoms with Crippen LogP contribution in [0.5, 0.6) is 0 Å². The molecule has 26 heavy (non-hydrogen) atoms. The maximum Gasteiger partial charge on any atom is 0.251 e. The van der Waals surface area contributed by atoms with Gasteiger partial charge in [0.25, 0.3) is 5.91 Å². The van der Waals surface area contributed by atoms with E-state index in [1.807, 2.05) is 29.9 Å². The lowest BCUT2D eigenvalue weighted by atomic mass is 10.1. The van der Waals surface area contributed by atoms with Gasteiger partial charge in [0.1, 0.15) is 0 Å². The van der Waals surface area contributed by atoms with E-state index in [4.69, 9.17) is 0 Å². The van der Waals surface area contributed by atoms with Crippen molar-refractivity contribution in [2.24, 2.45) is 7.05 Å². The maximum atomic E-state index is 13.4. The molecule has 0 bridgehead atoms. The lowest BCUT2D eigenvalue weighted by molar-refractivity contribution is 0.0876. The van der Waals surface area contributed by atoms with Gasteiger partial charge >= 0.3 is 0 Å². The minimum absolute atomic E-state index is 0.0259. The summed E-state index contributed by atoms with van der Waals surface area (Å²) in [6, 6.07) is 7.25. The van der Waals surface area contributed by atoms with Crippen LogP contribution in [0.25, 0.3) is 0 Å². The molecule has 140 valence electrons. The highest BCUT2D eigenvalue weighted by Crippen LogP contribution is 2.22. The Morgan fingerprint density at radius 3 is 2.46 bits per heavy atom. The van der Waals surface area contributed by atoms with Crippen molar-refractivity contribution in [3.05, 3.63) is 59.4 Å². The topological polar surface area (TPSA) is 40.5 Å². The normalized spacial score (nSPS) is 17.2. The second-order valence-electron chi connectivity index (χ2n) is 6.74. The molecule has 0 radical (unpaired) electrons. The van der Waals surface area contributed by atoms with Crippen LogP contribution in [0.4, 0.5) is 8.78 Å². The molecule has 1 aromatic carbocycles. The van der Waals surface area contributed by atoms with Crippen LogP contribution < -0.4 is 5.32 Å². The smallest absolute Gasteiger partial charge is 0.251 e. The van der Waals surface area contributed by atoms with Gasteiger partial charge in [0.05, 0.1) is 6.04 Å². The van der Waals surface area contributed by atoms with Crippen LogP contribution in [0.1, 0.15) is 22.1 Å². The van der Waals surface area contributed by atoms with Crippen LogP contribution in [0, 0.1) is 11.6 Å². The van der Waals surface area contributed by atoms with Crippen molar-refractivity contribution in [1.29, 1.82) is 0 Å². The first kappa shape index (κ1) is 18.5. The van der Waals surface area contributed by atoms with Crippen LogP contribution in [0.3, 0.4) is 0 Å². The Morgan fingerprint density at radius 2 is 1.85 bits per heavy atom. The summed E-state index contributed by atoms with van der Waals surface area (Å²) in [4.78, 5) is 17.0. The predicted molar refractivity (Wildman–Crippen MR) is 95.9 cm³/mol. The molecule has 2 heterocycles. The molecule has 1 aromatic heterocycles. The zero-order valence-electron chi connectivity index (χ0n) is 15.1. The molecule has 0 saturated carbocycles. The van der Waals surface area contributed by atoms with E-state index in [-0.39, 0.29) is 11.6 Å². The summed E-state index contributed by atoms with van der Waals surface area (Å²) in [6.07, 6.45) is 1.98. The molecular formula is C19H24F2N4O. The van der Waals surface area contributed by atoms with E-state index in [1.165, 1.54) is 6.07 Å². The highest BCUT2D eigenvalue weighted by Gasteiger charge is 2.26. The number of hydrogen-bond donors (Lipinski definition) is 1. The zero-order chi connectivity index (χ0) is 18.7. The third kappa shape index (κ3) is 4.11. The average Bonchev–Trinajstić information content (AvgIpc) is 3.04. The fraction of sp³-hybridized carbons (Fsp3) is 0.421. The van der Waals surface area contributed by atoms with Crippen LogP contribution >= 0.6 is 0 Å². The van der Waals surface area contributed by atoms with Gasteiger partial charge in [0.2, 0.25) is 0 Å². The molecule has 1 N–H and O–H groups in total. The maximum absolute atomic E-state index is 13.4. The van der Waals surface area contributed by atoms with Crippen molar-refractivity contribution in [2.75, 3.05) is 39.8 Å². The fourth-order valence-corrected chi connectivity index (χ4v) is 3.30. The first-order valence-electron chi connectivity index (χ1n) is 8.73. The largest absolute Gasteiger partial charge is 0.353 e. The Bertz CT molecular complexity index is 769. The zero-order valence-corrected chi connectivity index (χ0v) is 15.1. The second-order valence-corrected chi connectivity index (χ2v) is 6.74. The third-order valence-electron chi connectivity index (χ3n) is 4.94. The van der Waals surface area contributed by atoms with Crippen LogP contribution in [-0.2, 0) is 7.05 Å². The molecule has 7 heteroatoms. The monoisotopic (exact) mass is 362 g/mol. The highest BCUT2D eigenvalue weighted by molar-refractivity contribution is 5.94. The van der Waals surface area contributed by atoms with Crippen LogP contribution in [0.15, 0.2) is 36.5 Å². The molecule has 1 aliphatic heterocycles. The van der Waals surface area contributed by atoms with E-state index in [1.54, 1.807) is 0 Å². The van der Waals surface area contributed by atoms with Gasteiger partial charge in [-0.05, 0) is 37.4 Å². The van der Waals surface area contributed by atoms with Crippen LogP contribution in [0.2, 0.25) is 0 Å². The quantitative estimate of drug-likeness (QED) is 0.885. The first-order valence-corrected chi connectivity index (χ1v) is 8.73. The van der Waals surface area contributed by atoms with Crippen LogP contribution in [-0.4, -0.2) is 60.0 Å². The number of likely N-dealkylation sites (N-methyl/N-ethyl adjacent to an activating group) is 1. The van der Waals surface area contributed by atoms with Crippen molar-refractivity contribution in [3.63, 3.8) is 0 Å². The Labute approximate surface area is 152 Å². The number of rotatable bonds is 5. The number of aryl methyl sites for hydroxylation is 1. The number of carbonyl (C=O) groups excluding carboxylic acids is 1. The van der Waals surface area contributed by atoms with Crippen molar-refractivity contribution in [3.8, 4) is 0 Å². The number of halogens is 2. The lowest BCUT2D eigenvalue weighted by Gasteiger charge is -2.38. The minimum atomic E-state index is -1.02. The molecule has 0 aliphatic carbocycles. The Kier molecular flexibility index (Phi) is 5.68. The number of hydrogen-bond acceptors (Lipinski definition) is 3. The number of nitrogens with one attached hydrogen (secondary N) is 1. The van der Waals surface area contributed by atoms with Gasteiger partial charge in [0.15, 0.2) is 11.6 Å². The van der Waals surface area contributed by atoms with Crippen molar-refractivity contribution < 1.29 is 13.6 Å². The molecule has 1 fully saturated rings. The lowest BCUT2D eigenvalue weighted by Crippen LogP contribution is -2.48. The van der Waals surface area contributed by atoms with Gasteiger partial charge in [-0.2, -0.15) is 0 Å². The number of carbonyl (C=O) groups is 1. The van der Waals surface area contributed by atoms with Crippen molar-refractivity contribution >= 4 is 5.91 Å². The van der Waals surface area contributed by atoms with E-state index in [0.717, 1.165) is 44.0 Å². The van der Waals surface area contributed by atoms with Gasteiger partial charge in [-0.25, -0.2) is 8.78 Å². The summed E-state index contributed by atoms with van der Waals surface area (Å²) >= 11 is 0. The summed E-state index contributed by atoms with van der Waals surface area (Å²) in [5.74, 6) is -2.38. The standard InChI is InChI=1S/C19H24F2N4O/c1-23-8-10-25(11-9-23)18(17-4-3-7-24(17)2)13-22-19(26)14-5-6-15(20)16(21)12-14/h3-7,12,18H,8-11,13H2,1-2H3,(H,22,26). The van der Waals surface area contributed by atoms with Gasteiger partial charge in [0, 0.05) is 57.2 Å².